The maximum atomic E-state index is 12.4. The number of carbonyl (C=O) groups excluding carboxylic acids is 1. The highest BCUT2D eigenvalue weighted by atomic mass is 79.9. The van der Waals surface area contributed by atoms with Gasteiger partial charge in [-0.3, -0.25) is 4.79 Å². The molecule has 1 aromatic rings. The maximum Gasteiger partial charge on any atom is 0.266 e. The molecule has 1 aliphatic rings. The van der Waals surface area contributed by atoms with Crippen molar-refractivity contribution in [3.63, 3.8) is 0 Å². The van der Waals surface area contributed by atoms with E-state index in [1.807, 2.05) is 25.2 Å². The molecule has 0 aromatic heterocycles. The molecule has 0 heterocycles. The van der Waals surface area contributed by atoms with Gasteiger partial charge in [-0.2, -0.15) is 5.26 Å². The highest BCUT2D eigenvalue weighted by Crippen LogP contribution is 2.21. The molecule has 0 bridgehead atoms. The molecule has 0 atom stereocenters. The third-order valence-corrected chi connectivity index (χ3v) is 4.15. The third kappa shape index (κ3) is 4.44. The molecule has 0 spiro atoms. The number of carbonyl (C=O) groups is 1. The first-order valence-electron chi connectivity index (χ1n) is 7.27. The quantitative estimate of drug-likeness (QED) is 0.455. The van der Waals surface area contributed by atoms with Crippen LogP contribution in [0.5, 0.6) is 0 Å². The van der Waals surface area contributed by atoms with Crippen LogP contribution in [0.4, 0.5) is 0 Å². The Bertz CT molecular complexity index is 581. The van der Waals surface area contributed by atoms with Gasteiger partial charge >= 0.3 is 0 Å². The standard InChI is InChI=1S/C17H19BrN2O/c1-13-9-15(11-16(18)10-13)17(21)20(12-19)8-7-14-5-3-2-4-6-14/h5,9-11H,2-4,6-8H2,1H3. The van der Waals surface area contributed by atoms with Crippen LogP contribution in [0.15, 0.2) is 34.3 Å². The average Bonchev–Trinajstić information content (AvgIpc) is 2.47. The van der Waals surface area contributed by atoms with Gasteiger partial charge in [0.25, 0.3) is 5.91 Å². The van der Waals surface area contributed by atoms with Gasteiger partial charge in [0.15, 0.2) is 6.19 Å². The Kier molecular flexibility index (Phi) is 5.58. The van der Waals surface area contributed by atoms with Crippen LogP contribution < -0.4 is 0 Å². The van der Waals surface area contributed by atoms with Gasteiger partial charge < -0.3 is 0 Å². The molecule has 1 aromatic carbocycles. The van der Waals surface area contributed by atoms with Crippen LogP contribution in [0.3, 0.4) is 0 Å². The van der Waals surface area contributed by atoms with E-state index in [4.69, 9.17) is 0 Å². The summed E-state index contributed by atoms with van der Waals surface area (Å²) in [5.74, 6) is -0.224. The molecular formula is C17H19BrN2O. The molecule has 0 radical (unpaired) electrons. The highest BCUT2D eigenvalue weighted by molar-refractivity contribution is 9.10. The fourth-order valence-corrected chi connectivity index (χ4v) is 3.21. The molecule has 2 rings (SSSR count). The van der Waals surface area contributed by atoms with E-state index < -0.39 is 0 Å². The number of hydrogen-bond acceptors (Lipinski definition) is 2. The average molecular weight is 347 g/mol. The SMILES string of the molecule is Cc1cc(Br)cc(C(=O)N(C#N)CCC2=CCCCC2)c1. The van der Waals surface area contributed by atoms with Crippen molar-refractivity contribution in [2.75, 3.05) is 6.54 Å². The number of benzene rings is 1. The smallest absolute Gasteiger partial charge is 0.266 e. The Balaban J connectivity index is 2.04. The summed E-state index contributed by atoms with van der Waals surface area (Å²) in [6, 6.07) is 5.52. The zero-order valence-corrected chi connectivity index (χ0v) is 13.8. The second-order valence-electron chi connectivity index (χ2n) is 5.43. The van der Waals surface area contributed by atoms with E-state index in [2.05, 4.69) is 22.0 Å². The minimum Gasteiger partial charge on any atom is -0.268 e. The first-order valence-corrected chi connectivity index (χ1v) is 8.06. The predicted octanol–water partition coefficient (Wildman–Crippen LogP) is 4.57. The summed E-state index contributed by atoms with van der Waals surface area (Å²) >= 11 is 3.39. The number of rotatable bonds is 4. The largest absolute Gasteiger partial charge is 0.268 e. The van der Waals surface area contributed by atoms with Crippen molar-refractivity contribution in [2.24, 2.45) is 0 Å². The highest BCUT2D eigenvalue weighted by Gasteiger charge is 2.17. The molecule has 4 heteroatoms. The normalized spacial score (nSPS) is 14.2. The third-order valence-electron chi connectivity index (χ3n) is 3.70. The lowest BCUT2D eigenvalue weighted by molar-refractivity contribution is 0.0833. The van der Waals surface area contributed by atoms with Gasteiger partial charge in [-0.25, -0.2) is 4.90 Å². The van der Waals surface area contributed by atoms with Gasteiger partial charge in [0.1, 0.15) is 0 Å². The molecule has 1 amide bonds. The molecule has 21 heavy (non-hydrogen) atoms. The Morgan fingerprint density at radius 1 is 1.38 bits per heavy atom. The van der Waals surface area contributed by atoms with Crippen LogP contribution in [-0.2, 0) is 0 Å². The van der Waals surface area contributed by atoms with E-state index in [1.54, 1.807) is 6.07 Å². The van der Waals surface area contributed by atoms with Crippen molar-refractivity contribution in [1.29, 1.82) is 5.26 Å². The maximum absolute atomic E-state index is 12.4. The van der Waals surface area contributed by atoms with E-state index in [9.17, 15) is 10.1 Å². The molecule has 110 valence electrons. The van der Waals surface area contributed by atoms with Crippen LogP contribution in [0.1, 0.15) is 48.0 Å². The fourth-order valence-electron chi connectivity index (χ4n) is 2.60. The fraction of sp³-hybridized carbons (Fsp3) is 0.412. The molecule has 0 unspecified atom stereocenters. The second kappa shape index (κ2) is 7.42. The summed E-state index contributed by atoms with van der Waals surface area (Å²) < 4.78 is 0.860. The number of allylic oxidation sites excluding steroid dienone is 1. The van der Waals surface area contributed by atoms with Gasteiger partial charge in [-0.05, 0) is 62.8 Å². The predicted molar refractivity (Wildman–Crippen MR) is 86.7 cm³/mol. The molecule has 3 nitrogen and oxygen atoms in total. The molecule has 0 fully saturated rings. The van der Waals surface area contributed by atoms with Gasteiger partial charge in [0.05, 0.1) is 0 Å². The van der Waals surface area contributed by atoms with E-state index in [0.717, 1.165) is 29.3 Å². The Morgan fingerprint density at radius 3 is 2.81 bits per heavy atom. The van der Waals surface area contributed by atoms with Gasteiger partial charge in [-0.1, -0.05) is 27.6 Å². The Labute approximate surface area is 134 Å². The van der Waals surface area contributed by atoms with Crippen molar-refractivity contribution in [1.82, 2.24) is 4.90 Å². The van der Waals surface area contributed by atoms with Gasteiger partial charge in [0.2, 0.25) is 0 Å². The lowest BCUT2D eigenvalue weighted by Crippen LogP contribution is -2.27. The molecule has 1 aliphatic carbocycles. The minimum atomic E-state index is -0.224. The zero-order valence-electron chi connectivity index (χ0n) is 12.2. The summed E-state index contributed by atoms with van der Waals surface area (Å²) in [6.45, 7) is 2.40. The lowest BCUT2D eigenvalue weighted by Gasteiger charge is -2.17. The van der Waals surface area contributed by atoms with Gasteiger partial charge in [0, 0.05) is 16.6 Å². The lowest BCUT2D eigenvalue weighted by atomic mass is 9.97. The first kappa shape index (κ1) is 15.8. The molecule has 0 aliphatic heterocycles. The minimum absolute atomic E-state index is 0.224. The number of amides is 1. The second-order valence-corrected chi connectivity index (χ2v) is 6.35. The van der Waals surface area contributed by atoms with E-state index >= 15 is 0 Å². The monoisotopic (exact) mass is 346 g/mol. The summed E-state index contributed by atoms with van der Waals surface area (Å²) in [4.78, 5) is 13.7. The number of hydrogen-bond donors (Lipinski definition) is 0. The number of aryl methyl sites for hydroxylation is 1. The number of halogens is 1. The zero-order chi connectivity index (χ0) is 15.2. The summed E-state index contributed by atoms with van der Waals surface area (Å²) in [7, 11) is 0. The Hall–Kier alpha value is -1.60. The molecular weight excluding hydrogens is 328 g/mol. The topological polar surface area (TPSA) is 44.1 Å². The van der Waals surface area contributed by atoms with E-state index in [-0.39, 0.29) is 5.91 Å². The first-order chi connectivity index (χ1) is 10.1. The van der Waals surface area contributed by atoms with E-state index in [1.165, 1.54) is 23.3 Å². The van der Waals surface area contributed by atoms with Crippen LogP contribution in [-0.4, -0.2) is 17.4 Å². The summed E-state index contributed by atoms with van der Waals surface area (Å²) in [5, 5.41) is 9.25. The van der Waals surface area contributed by atoms with Gasteiger partial charge in [-0.15, -0.1) is 0 Å². The summed E-state index contributed by atoms with van der Waals surface area (Å²) in [5.41, 5.74) is 2.93. The van der Waals surface area contributed by atoms with E-state index in [0.29, 0.717) is 12.1 Å². The van der Waals surface area contributed by atoms with Crippen LogP contribution in [0.2, 0.25) is 0 Å². The number of nitrogens with zero attached hydrogens (tertiary/aromatic N) is 2. The molecule has 0 saturated heterocycles. The number of nitriles is 1. The van der Waals surface area contributed by atoms with Crippen molar-refractivity contribution >= 4 is 21.8 Å². The molecule has 0 N–H and O–H groups in total. The Morgan fingerprint density at radius 2 is 2.19 bits per heavy atom. The van der Waals surface area contributed by atoms with Crippen LogP contribution >= 0.6 is 15.9 Å². The molecule has 0 saturated carbocycles. The van der Waals surface area contributed by atoms with Crippen molar-refractivity contribution in [3.05, 3.63) is 45.4 Å². The van der Waals surface area contributed by atoms with Crippen LogP contribution in [0, 0.1) is 18.4 Å². The van der Waals surface area contributed by atoms with Crippen molar-refractivity contribution < 1.29 is 4.79 Å². The van der Waals surface area contributed by atoms with Crippen LogP contribution in [0.25, 0.3) is 0 Å². The van der Waals surface area contributed by atoms with Crippen molar-refractivity contribution in [2.45, 2.75) is 39.0 Å². The van der Waals surface area contributed by atoms with Crippen molar-refractivity contribution in [3.8, 4) is 6.19 Å². The summed E-state index contributed by atoms with van der Waals surface area (Å²) in [6.07, 6.45) is 9.77.